The molecule has 1 atom stereocenters. The molecule has 3 aromatic carbocycles. The van der Waals surface area contributed by atoms with E-state index in [2.05, 4.69) is 21.2 Å². The van der Waals surface area contributed by atoms with Gasteiger partial charge in [-0.2, -0.15) is 0 Å². The Bertz CT molecular complexity index is 1330. The molecule has 3 aromatic rings. The van der Waals surface area contributed by atoms with Gasteiger partial charge in [0, 0.05) is 23.5 Å². The largest absolute Gasteiger partial charge is 0.352 e. The first kappa shape index (κ1) is 29.4. The van der Waals surface area contributed by atoms with Crippen LogP contribution in [0.5, 0.6) is 0 Å². The summed E-state index contributed by atoms with van der Waals surface area (Å²) in [4.78, 5) is 28.9. The van der Waals surface area contributed by atoms with Crippen molar-refractivity contribution >= 4 is 43.5 Å². The highest BCUT2D eigenvalue weighted by Crippen LogP contribution is 2.21. The summed E-state index contributed by atoms with van der Waals surface area (Å²) < 4.78 is 27.5. The highest BCUT2D eigenvalue weighted by molar-refractivity contribution is 9.10. The molecule has 202 valence electrons. The number of nitrogens with one attached hydrogen (secondary N) is 1. The summed E-state index contributed by atoms with van der Waals surface area (Å²) in [5.41, 5.74) is 3.07. The van der Waals surface area contributed by atoms with Crippen molar-refractivity contribution < 1.29 is 18.0 Å². The topological polar surface area (TPSA) is 86.8 Å². The zero-order chi connectivity index (χ0) is 27.9. The molecule has 7 nitrogen and oxygen atoms in total. The number of aryl methyl sites for hydroxylation is 1. The number of nitrogens with zero attached hydrogens (tertiary/aromatic N) is 2. The first-order chi connectivity index (χ1) is 17.9. The first-order valence-electron chi connectivity index (χ1n) is 12.4. The molecule has 0 aromatic heterocycles. The van der Waals surface area contributed by atoms with Gasteiger partial charge >= 0.3 is 0 Å². The maximum Gasteiger partial charge on any atom is 0.244 e. The highest BCUT2D eigenvalue weighted by atomic mass is 79.9. The summed E-state index contributed by atoms with van der Waals surface area (Å²) in [6, 6.07) is 22.9. The van der Waals surface area contributed by atoms with Gasteiger partial charge in [-0.15, -0.1) is 0 Å². The maximum atomic E-state index is 14.0. The Labute approximate surface area is 234 Å². The second kappa shape index (κ2) is 13.1. The van der Waals surface area contributed by atoms with Crippen LogP contribution in [0.2, 0.25) is 0 Å². The lowest BCUT2D eigenvalue weighted by molar-refractivity contribution is -0.140. The number of hydrogen-bond acceptors (Lipinski definition) is 4. The van der Waals surface area contributed by atoms with Gasteiger partial charge < -0.3 is 10.2 Å². The Morgan fingerprint density at radius 3 is 2.05 bits per heavy atom. The van der Waals surface area contributed by atoms with Gasteiger partial charge in [0.2, 0.25) is 21.8 Å². The number of sulfonamides is 1. The molecule has 0 spiro atoms. The fourth-order valence-corrected chi connectivity index (χ4v) is 5.16. The first-order valence-corrected chi connectivity index (χ1v) is 15.0. The molecule has 0 radical (unpaired) electrons. The second-order valence-electron chi connectivity index (χ2n) is 9.62. The molecule has 0 saturated heterocycles. The molecule has 0 unspecified atom stereocenters. The second-order valence-corrected chi connectivity index (χ2v) is 12.4. The Kier molecular flexibility index (Phi) is 10.1. The molecule has 0 saturated carbocycles. The molecule has 0 fully saturated rings. The third-order valence-electron chi connectivity index (χ3n) is 5.97. The summed E-state index contributed by atoms with van der Waals surface area (Å²) >= 11 is 3.43. The monoisotopic (exact) mass is 599 g/mol. The molecule has 2 amide bonds. The number of amides is 2. The Morgan fingerprint density at radius 2 is 1.50 bits per heavy atom. The number of carbonyl (C=O) groups is 2. The van der Waals surface area contributed by atoms with Gasteiger partial charge in [0.15, 0.2) is 0 Å². The normalized spacial score (nSPS) is 12.2. The van der Waals surface area contributed by atoms with Crippen LogP contribution in [0.25, 0.3) is 0 Å². The fraction of sp³-hybridized carbons (Fsp3) is 0.310. The van der Waals surface area contributed by atoms with Crippen LogP contribution >= 0.6 is 15.9 Å². The van der Waals surface area contributed by atoms with Gasteiger partial charge in [0.25, 0.3) is 0 Å². The molecule has 0 aliphatic heterocycles. The van der Waals surface area contributed by atoms with Crippen LogP contribution in [-0.2, 0) is 32.6 Å². The molecule has 0 bridgehead atoms. The predicted octanol–water partition coefficient (Wildman–Crippen LogP) is 4.69. The van der Waals surface area contributed by atoms with E-state index in [0.29, 0.717) is 5.69 Å². The smallest absolute Gasteiger partial charge is 0.244 e. The van der Waals surface area contributed by atoms with Crippen molar-refractivity contribution in [1.82, 2.24) is 10.2 Å². The van der Waals surface area contributed by atoms with Crippen LogP contribution in [0.15, 0.2) is 83.3 Å². The van der Waals surface area contributed by atoms with E-state index in [9.17, 15) is 18.0 Å². The van der Waals surface area contributed by atoms with Crippen LogP contribution in [0, 0.1) is 6.92 Å². The molecule has 0 aliphatic carbocycles. The van der Waals surface area contributed by atoms with Crippen LogP contribution in [0.3, 0.4) is 0 Å². The quantitative estimate of drug-likeness (QED) is 0.346. The summed E-state index contributed by atoms with van der Waals surface area (Å²) in [6.45, 7) is 5.34. The van der Waals surface area contributed by atoms with Crippen molar-refractivity contribution in [3.05, 3.63) is 100 Å². The lowest BCUT2D eigenvalue weighted by Crippen LogP contribution is -2.54. The molecule has 3 rings (SSSR count). The Balaban J connectivity index is 2.04. The van der Waals surface area contributed by atoms with Crippen molar-refractivity contribution in [2.24, 2.45) is 0 Å². The third-order valence-corrected chi connectivity index (χ3v) is 7.64. The average Bonchev–Trinajstić information content (AvgIpc) is 2.86. The van der Waals surface area contributed by atoms with Crippen molar-refractivity contribution in [2.75, 3.05) is 17.1 Å². The van der Waals surface area contributed by atoms with Gasteiger partial charge in [-0.25, -0.2) is 8.42 Å². The van der Waals surface area contributed by atoms with Crippen molar-refractivity contribution in [3.8, 4) is 0 Å². The van der Waals surface area contributed by atoms with E-state index in [1.54, 1.807) is 24.3 Å². The lowest BCUT2D eigenvalue weighted by atomic mass is 10.0. The van der Waals surface area contributed by atoms with Gasteiger partial charge in [-0.3, -0.25) is 13.9 Å². The molecule has 1 N–H and O–H groups in total. The summed E-state index contributed by atoms with van der Waals surface area (Å²) in [5.74, 6) is -0.769. The van der Waals surface area contributed by atoms with Gasteiger partial charge in [-0.1, -0.05) is 76.1 Å². The van der Waals surface area contributed by atoms with E-state index in [0.717, 1.165) is 31.7 Å². The third kappa shape index (κ3) is 8.43. The van der Waals surface area contributed by atoms with Crippen LogP contribution in [0.4, 0.5) is 5.69 Å². The van der Waals surface area contributed by atoms with E-state index >= 15 is 0 Å². The van der Waals surface area contributed by atoms with Crippen molar-refractivity contribution in [3.63, 3.8) is 0 Å². The standard InChI is InChI=1S/C29H34BrN3O4S/c1-21(2)31-29(35)27(18-23-8-6-5-7-9-23)32(19-24-12-14-25(30)15-13-24)28(34)20-33(38(4,36)37)26-16-10-22(3)11-17-26/h5-17,21,27H,18-20H2,1-4H3,(H,31,35)/t27-/m1/s1. The van der Waals surface area contributed by atoms with Crippen LogP contribution in [-0.4, -0.2) is 50.0 Å². The van der Waals surface area contributed by atoms with Crippen LogP contribution in [0.1, 0.15) is 30.5 Å². The van der Waals surface area contributed by atoms with E-state index in [1.807, 2.05) is 75.4 Å². The average molecular weight is 601 g/mol. The van der Waals surface area contributed by atoms with Crippen molar-refractivity contribution in [1.29, 1.82) is 0 Å². The van der Waals surface area contributed by atoms with Crippen molar-refractivity contribution in [2.45, 2.75) is 45.8 Å². The van der Waals surface area contributed by atoms with Crippen LogP contribution < -0.4 is 9.62 Å². The number of hydrogen-bond donors (Lipinski definition) is 1. The van der Waals surface area contributed by atoms with E-state index in [1.165, 1.54) is 4.90 Å². The SMILES string of the molecule is Cc1ccc(N(CC(=O)N(Cc2ccc(Br)cc2)[C@H](Cc2ccccc2)C(=O)NC(C)C)S(C)(=O)=O)cc1. The molecule has 38 heavy (non-hydrogen) atoms. The predicted molar refractivity (Wildman–Crippen MR) is 155 cm³/mol. The molecule has 0 aliphatic rings. The maximum absolute atomic E-state index is 14.0. The van der Waals surface area contributed by atoms with Gasteiger partial charge in [0.05, 0.1) is 11.9 Å². The minimum atomic E-state index is -3.78. The van der Waals surface area contributed by atoms with Gasteiger partial charge in [-0.05, 0) is 56.2 Å². The van der Waals surface area contributed by atoms with E-state index in [-0.39, 0.29) is 24.9 Å². The minimum absolute atomic E-state index is 0.134. The number of carbonyl (C=O) groups excluding carboxylic acids is 2. The number of halogens is 1. The number of anilines is 1. The molecule has 0 heterocycles. The molecule has 9 heteroatoms. The fourth-order valence-electron chi connectivity index (χ4n) is 4.05. The summed E-state index contributed by atoms with van der Waals surface area (Å²) in [6.07, 6.45) is 1.36. The summed E-state index contributed by atoms with van der Waals surface area (Å²) in [7, 11) is -3.78. The number of rotatable bonds is 11. The highest BCUT2D eigenvalue weighted by Gasteiger charge is 2.33. The molecular weight excluding hydrogens is 566 g/mol. The Hall–Kier alpha value is -3.17. The van der Waals surface area contributed by atoms with Gasteiger partial charge in [0.1, 0.15) is 12.6 Å². The zero-order valence-corrected chi connectivity index (χ0v) is 24.5. The zero-order valence-electron chi connectivity index (χ0n) is 22.1. The molecular formula is C29H34BrN3O4S. The minimum Gasteiger partial charge on any atom is -0.352 e. The lowest BCUT2D eigenvalue weighted by Gasteiger charge is -2.34. The Morgan fingerprint density at radius 1 is 0.895 bits per heavy atom. The summed E-state index contributed by atoms with van der Waals surface area (Å²) in [5, 5.41) is 2.94. The van der Waals surface area contributed by atoms with E-state index in [4.69, 9.17) is 0 Å². The number of benzene rings is 3. The van der Waals surface area contributed by atoms with E-state index < -0.39 is 28.5 Å².